The molecule has 2 amide bonds. The Morgan fingerprint density at radius 3 is 2.42 bits per heavy atom. The Bertz CT molecular complexity index is 623. The summed E-state index contributed by atoms with van der Waals surface area (Å²) < 4.78 is 26.5. The van der Waals surface area contributed by atoms with Crippen LogP contribution in [0.2, 0.25) is 0 Å². The van der Waals surface area contributed by atoms with Crippen molar-refractivity contribution in [3.05, 3.63) is 35.4 Å². The number of amides is 2. The molecule has 4 nitrogen and oxygen atoms in total. The van der Waals surface area contributed by atoms with Crippen molar-refractivity contribution in [1.29, 1.82) is 0 Å². The summed E-state index contributed by atoms with van der Waals surface area (Å²) in [6.45, 7) is 6.70. The lowest BCUT2D eigenvalue weighted by atomic mass is 9.79. The second kappa shape index (κ2) is 7.28. The monoisotopic (exact) mass is 338 g/mol. The molecule has 0 aliphatic carbocycles. The molecule has 0 unspecified atom stereocenters. The first-order valence-electron chi connectivity index (χ1n) is 8.24. The lowest BCUT2D eigenvalue weighted by molar-refractivity contribution is -0.141. The Morgan fingerprint density at radius 2 is 1.88 bits per heavy atom. The van der Waals surface area contributed by atoms with E-state index in [4.69, 9.17) is 0 Å². The quantitative estimate of drug-likeness (QED) is 0.918. The molecule has 1 fully saturated rings. The lowest BCUT2D eigenvalue weighted by Gasteiger charge is -2.38. The second-order valence-electron chi connectivity index (χ2n) is 6.96. The maximum atomic E-state index is 13.6. The van der Waals surface area contributed by atoms with Crippen LogP contribution in [-0.4, -0.2) is 29.8 Å². The van der Waals surface area contributed by atoms with E-state index in [2.05, 4.69) is 5.32 Å². The van der Waals surface area contributed by atoms with Crippen molar-refractivity contribution < 1.29 is 18.4 Å². The zero-order valence-electron chi connectivity index (χ0n) is 14.4. The zero-order valence-corrected chi connectivity index (χ0v) is 14.4. The van der Waals surface area contributed by atoms with Gasteiger partial charge in [0.15, 0.2) is 0 Å². The Balaban J connectivity index is 1.92. The van der Waals surface area contributed by atoms with Crippen molar-refractivity contribution >= 4 is 11.8 Å². The van der Waals surface area contributed by atoms with Gasteiger partial charge in [-0.2, -0.15) is 0 Å². The molecule has 2 rings (SSSR count). The van der Waals surface area contributed by atoms with Gasteiger partial charge in [-0.3, -0.25) is 9.59 Å². The van der Waals surface area contributed by atoms with Gasteiger partial charge in [0.05, 0.1) is 0 Å². The minimum Gasteiger partial charge on any atom is -0.351 e. The molecule has 0 atom stereocenters. The number of nitrogens with zero attached hydrogens (tertiary/aromatic N) is 1. The molecule has 0 bridgehead atoms. The van der Waals surface area contributed by atoms with Crippen LogP contribution in [0.5, 0.6) is 0 Å². The highest BCUT2D eigenvalue weighted by Crippen LogP contribution is 2.31. The Hall–Kier alpha value is -1.98. The summed E-state index contributed by atoms with van der Waals surface area (Å²) in [5.41, 5.74) is -0.328. The smallest absolute Gasteiger partial charge is 0.226 e. The van der Waals surface area contributed by atoms with Crippen molar-refractivity contribution in [2.75, 3.05) is 13.1 Å². The van der Waals surface area contributed by atoms with E-state index in [1.807, 2.05) is 20.8 Å². The van der Waals surface area contributed by atoms with Crippen LogP contribution in [0.3, 0.4) is 0 Å². The van der Waals surface area contributed by atoms with Crippen LogP contribution in [0.15, 0.2) is 18.2 Å². The van der Waals surface area contributed by atoms with Crippen LogP contribution >= 0.6 is 0 Å². The molecule has 6 heteroatoms. The number of nitrogens with one attached hydrogen (secondary N) is 1. The van der Waals surface area contributed by atoms with Crippen molar-refractivity contribution in [3.8, 4) is 0 Å². The highest BCUT2D eigenvalue weighted by Gasteiger charge is 2.38. The number of halogens is 2. The number of hydrogen-bond acceptors (Lipinski definition) is 2. The predicted octanol–water partition coefficient (Wildman–Crippen LogP) is 2.87. The number of carbonyl (C=O) groups excluding carboxylic acids is 2. The summed E-state index contributed by atoms with van der Waals surface area (Å²) in [4.78, 5) is 26.3. The molecule has 0 spiro atoms. The first-order chi connectivity index (χ1) is 11.2. The van der Waals surface area contributed by atoms with E-state index in [9.17, 15) is 18.4 Å². The van der Waals surface area contributed by atoms with E-state index in [0.717, 1.165) is 6.07 Å². The molecule has 1 aliphatic heterocycles. The van der Waals surface area contributed by atoms with Gasteiger partial charge in [0.1, 0.15) is 11.6 Å². The van der Waals surface area contributed by atoms with E-state index in [1.165, 1.54) is 12.1 Å². The van der Waals surface area contributed by atoms with E-state index >= 15 is 0 Å². The highest BCUT2D eigenvalue weighted by molar-refractivity contribution is 5.83. The van der Waals surface area contributed by atoms with Crippen LogP contribution in [0.25, 0.3) is 0 Å². The summed E-state index contributed by atoms with van der Waals surface area (Å²) in [6.07, 6.45) is 1.15. The van der Waals surface area contributed by atoms with Crippen LogP contribution in [0.4, 0.5) is 8.78 Å². The summed E-state index contributed by atoms with van der Waals surface area (Å²) in [5.74, 6) is -1.42. The summed E-state index contributed by atoms with van der Waals surface area (Å²) in [7, 11) is 0. The fourth-order valence-corrected chi connectivity index (χ4v) is 2.87. The molecular weight excluding hydrogens is 314 g/mol. The van der Waals surface area contributed by atoms with Crippen LogP contribution in [-0.2, 0) is 16.1 Å². The van der Waals surface area contributed by atoms with Crippen molar-refractivity contribution in [3.63, 3.8) is 0 Å². The molecule has 1 saturated heterocycles. The van der Waals surface area contributed by atoms with Gasteiger partial charge in [-0.25, -0.2) is 8.78 Å². The van der Waals surface area contributed by atoms with E-state index in [0.29, 0.717) is 25.9 Å². The zero-order chi connectivity index (χ0) is 17.9. The SMILES string of the molecule is CC(C)C(=O)N1CCC(C)(C(=O)NCc2ccc(F)cc2F)CC1. The first-order valence-corrected chi connectivity index (χ1v) is 8.24. The van der Waals surface area contributed by atoms with Gasteiger partial charge in [-0.1, -0.05) is 26.8 Å². The highest BCUT2D eigenvalue weighted by atomic mass is 19.1. The number of piperidine rings is 1. The molecule has 24 heavy (non-hydrogen) atoms. The molecule has 0 radical (unpaired) electrons. The number of benzene rings is 1. The number of likely N-dealkylation sites (tertiary alicyclic amines) is 1. The molecule has 1 aromatic carbocycles. The van der Waals surface area contributed by atoms with Gasteiger partial charge in [-0.15, -0.1) is 0 Å². The minimum atomic E-state index is -0.669. The fourth-order valence-electron chi connectivity index (χ4n) is 2.87. The third kappa shape index (κ3) is 4.10. The first kappa shape index (κ1) is 18.4. The number of rotatable bonds is 4. The van der Waals surface area contributed by atoms with Gasteiger partial charge in [0.2, 0.25) is 11.8 Å². The molecule has 0 aromatic heterocycles. The average Bonchev–Trinajstić information content (AvgIpc) is 2.53. The number of carbonyl (C=O) groups is 2. The standard InChI is InChI=1S/C18H24F2N2O2/c1-12(2)16(23)22-8-6-18(3,7-9-22)17(24)21-11-13-4-5-14(19)10-15(13)20/h4-5,10,12H,6-9,11H2,1-3H3,(H,21,24). The van der Waals surface area contributed by atoms with Crippen molar-refractivity contribution in [2.45, 2.75) is 40.2 Å². The third-order valence-corrected chi connectivity index (χ3v) is 4.68. The van der Waals surface area contributed by atoms with Crippen LogP contribution in [0, 0.1) is 23.0 Å². The normalized spacial score (nSPS) is 17.0. The van der Waals surface area contributed by atoms with Crippen LogP contribution in [0.1, 0.15) is 39.2 Å². The van der Waals surface area contributed by atoms with Crippen molar-refractivity contribution in [2.24, 2.45) is 11.3 Å². The second-order valence-corrected chi connectivity index (χ2v) is 6.96. The lowest BCUT2D eigenvalue weighted by Crippen LogP contribution is -2.49. The predicted molar refractivity (Wildman–Crippen MR) is 87.0 cm³/mol. The van der Waals surface area contributed by atoms with E-state index in [1.54, 1.807) is 4.90 Å². The van der Waals surface area contributed by atoms with Gasteiger partial charge >= 0.3 is 0 Å². The molecule has 0 saturated carbocycles. The Morgan fingerprint density at radius 1 is 1.25 bits per heavy atom. The fraction of sp³-hybridized carbons (Fsp3) is 0.556. The summed E-state index contributed by atoms with van der Waals surface area (Å²) in [6, 6.07) is 3.30. The topological polar surface area (TPSA) is 49.4 Å². The molecular formula is C18H24F2N2O2. The molecule has 1 aliphatic rings. The van der Waals surface area contributed by atoms with Crippen molar-refractivity contribution in [1.82, 2.24) is 10.2 Å². The van der Waals surface area contributed by atoms with Gasteiger partial charge in [0, 0.05) is 42.6 Å². The number of hydrogen-bond donors (Lipinski definition) is 1. The molecule has 132 valence electrons. The molecule has 1 N–H and O–H groups in total. The third-order valence-electron chi connectivity index (χ3n) is 4.68. The van der Waals surface area contributed by atoms with Crippen LogP contribution < -0.4 is 5.32 Å². The summed E-state index contributed by atoms with van der Waals surface area (Å²) >= 11 is 0. The summed E-state index contributed by atoms with van der Waals surface area (Å²) in [5, 5.41) is 2.73. The molecule has 1 heterocycles. The average molecular weight is 338 g/mol. The Kier molecular flexibility index (Phi) is 5.57. The maximum absolute atomic E-state index is 13.6. The minimum absolute atomic E-state index is 0.0230. The van der Waals surface area contributed by atoms with Gasteiger partial charge in [0.25, 0.3) is 0 Å². The van der Waals surface area contributed by atoms with E-state index in [-0.39, 0.29) is 29.8 Å². The largest absolute Gasteiger partial charge is 0.351 e. The Labute approximate surface area is 141 Å². The van der Waals surface area contributed by atoms with Gasteiger partial charge < -0.3 is 10.2 Å². The maximum Gasteiger partial charge on any atom is 0.226 e. The van der Waals surface area contributed by atoms with E-state index < -0.39 is 17.0 Å². The van der Waals surface area contributed by atoms with Gasteiger partial charge in [-0.05, 0) is 18.9 Å². The molecule has 1 aromatic rings.